The van der Waals surface area contributed by atoms with Crippen molar-refractivity contribution < 1.29 is 19.3 Å². The molecular formula is C16H32N2O3S. The fourth-order valence-corrected chi connectivity index (χ4v) is 3.62. The van der Waals surface area contributed by atoms with Crippen LogP contribution < -0.4 is 11.1 Å². The Kier molecular flexibility index (Phi) is 9.91. The van der Waals surface area contributed by atoms with Crippen LogP contribution in [0.3, 0.4) is 0 Å². The summed E-state index contributed by atoms with van der Waals surface area (Å²) in [6.07, 6.45) is 12.7. The Hall–Kier alpha value is -0.460. The number of quaternary nitrogens is 1. The molecule has 0 aromatic heterocycles. The summed E-state index contributed by atoms with van der Waals surface area (Å²) in [5, 5.41) is 2.91. The zero-order chi connectivity index (χ0) is 16.4. The Labute approximate surface area is 137 Å². The molecule has 2 atom stereocenters. The summed E-state index contributed by atoms with van der Waals surface area (Å²) in [4.78, 5) is 11.6. The fourth-order valence-electron chi connectivity index (χ4n) is 3.06. The van der Waals surface area contributed by atoms with Crippen LogP contribution in [0, 0.1) is 5.92 Å². The third-order valence-corrected chi connectivity index (χ3v) is 5.28. The summed E-state index contributed by atoms with van der Waals surface area (Å²) >= 11 is -2.13. The Morgan fingerprint density at radius 1 is 1.14 bits per heavy atom. The lowest BCUT2D eigenvalue weighted by atomic mass is 9.95. The second kappa shape index (κ2) is 11.1. The quantitative estimate of drug-likeness (QED) is 0.764. The summed E-state index contributed by atoms with van der Waals surface area (Å²) in [5.74, 6) is -0.658. The Bertz CT molecular complexity index is 340. The van der Waals surface area contributed by atoms with Gasteiger partial charge in [-0.3, -0.25) is 9.00 Å². The van der Waals surface area contributed by atoms with Gasteiger partial charge in [-0.25, -0.2) is 0 Å². The molecule has 4 N–H and O–H groups in total. The highest BCUT2D eigenvalue weighted by Crippen LogP contribution is 2.17. The number of carbonyl (C=O) groups excluding carboxylic acids is 1. The summed E-state index contributed by atoms with van der Waals surface area (Å²) in [5.41, 5.74) is 4.00. The molecule has 1 amide bonds. The maximum absolute atomic E-state index is 11.6. The van der Waals surface area contributed by atoms with Crippen LogP contribution in [0.15, 0.2) is 0 Å². The van der Waals surface area contributed by atoms with Gasteiger partial charge < -0.3 is 15.6 Å². The molecule has 2 saturated carbocycles. The lowest BCUT2D eigenvalue weighted by Gasteiger charge is -2.24. The molecule has 0 aromatic carbocycles. The van der Waals surface area contributed by atoms with Crippen LogP contribution in [0.4, 0.5) is 0 Å². The number of rotatable bonds is 4. The third-order valence-electron chi connectivity index (χ3n) is 4.51. The molecule has 2 unspecified atom stereocenters. The van der Waals surface area contributed by atoms with Crippen LogP contribution in [0.2, 0.25) is 0 Å². The van der Waals surface area contributed by atoms with Crippen molar-refractivity contribution in [2.45, 2.75) is 83.2 Å². The predicted molar refractivity (Wildman–Crippen MR) is 87.7 cm³/mol. The average molecular weight is 333 g/mol. The molecule has 2 fully saturated rings. The minimum Gasteiger partial charge on any atom is -0.772 e. The molecule has 0 aromatic rings. The van der Waals surface area contributed by atoms with Gasteiger partial charge >= 0.3 is 0 Å². The van der Waals surface area contributed by atoms with E-state index in [0.717, 1.165) is 31.7 Å². The number of hydrogen-bond acceptors (Lipinski definition) is 3. The SMILES string of the molecule is CC(CS(=O)[O-])C(=O)NC1CCCCC1.[NH3+]C1CCCCC1. The molecule has 22 heavy (non-hydrogen) atoms. The molecular weight excluding hydrogens is 300 g/mol. The second-order valence-corrected chi connectivity index (χ2v) is 7.66. The fraction of sp³-hybridized carbons (Fsp3) is 0.938. The normalized spacial score (nSPS) is 23.0. The first-order valence-corrected chi connectivity index (χ1v) is 9.92. The lowest BCUT2D eigenvalue weighted by Crippen LogP contribution is -2.61. The van der Waals surface area contributed by atoms with Crippen molar-refractivity contribution in [3.63, 3.8) is 0 Å². The molecule has 0 saturated heterocycles. The van der Waals surface area contributed by atoms with E-state index in [9.17, 15) is 13.6 Å². The summed E-state index contributed by atoms with van der Waals surface area (Å²) in [6, 6.07) is 1.04. The second-order valence-electron chi connectivity index (χ2n) is 6.72. The smallest absolute Gasteiger partial charge is 0.223 e. The van der Waals surface area contributed by atoms with Crippen molar-refractivity contribution in [1.29, 1.82) is 0 Å². The van der Waals surface area contributed by atoms with E-state index in [4.69, 9.17) is 0 Å². The molecule has 2 aliphatic carbocycles. The predicted octanol–water partition coefficient (Wildman–Crippen LogP) is 1.51. The summed E-state index contributed by atoms with van der Waals surface area (Å²) in [7, 11) is 0. The van der Waals surface area contributed by atoms with E-state index in [1.54, 1.807) is 6.92 Å². The first-order chi connectivity index (χ1) is 10.5. The standard InChI is InChI=1S/C10H19NO3S.C6H13N/c1-8(7-15(13)14)10(12)11-9-5-3-2-4-6-9;7-6-4-2-1-3-5-6/h8-9H,2-7H2,1H3,(H,11,12)(H,13,14);6H,1-5,7H2. The van der Waals surface area contributed by atoms with E-state index in [-0.39, 0.29) is 17.7 Å². The molecule has 2 rings (SSSR count). The molecule has 6 heteroatoms. The van der Waals surface area contributed by atoms with Crippen molar-refractivity contribution in [1.82, 2.24) is 5.32 Å². The van der Waals surface area contributed by atoms with Gasteiger partial charge in [-0.05, 0) is 38.5 Å². The van der Waals surface area contributed by atoms with Crippen molar-refractivity contribution in [3.05, 3.63) is 0 Å². The Morgan fingerprint density at radius 3 is 2.05 bits per heavy atom. The van der Waals surface area contributed by atoms with E-state index in [1.807, 2.05) is 0 Å². The van der Waals surface area contributed by atoms with Gasteiger partial charge in [0.25, 0.3) is 0 Å². The Balaban J connectivity index is 0.000000287. The van der Waals surface area contributed by atoms with Crippen LogP contribution in [0.1, 0.15) is 71.1 Å². The number of hydrogen-bond donors (Lipinski definition) is 2. The van der Waals surface area contributed by atoms with Gasteiger partial charge in [0.05, 0.1) is 6.04 Å². The molecule has 0 spiro atoms. The van der Waals surface area contributed by atoms with Crippen molar-refractivity contribution in [2.24, 2.45) is 5.92 Å². The summed E-state index contributed by atoms with van der Waals surface area (Å²) in [6.45, 7) is 1.65. The Morgan fingerprint density at radius 2 is 1.64 bits per heavy atom. The van der Waals surface area contributed by atoms with Crippen LogP contribution in [-0.4, -0.2) is 32.5 Å². The number of carbonyl (C=O) groups is 1. The highest BCUT2D eigenvalue weighted by Gasteiger charge is 2.19. The van der Waals surface area contributed by atoms with Crippen LogP contribution in [0.5, 0.6) is 0 Å². The van der Waals surface area contributed by atoms with Gasteiger partial charge in [-0.1, -0.05) is 43.7 Å². The number of nitrogens with one attached hydrogen (secondary N) is 1. The number of amides is 1. The molecule has 2 aliphatic rings. The van der Waals surface area contributed by atoms with Gasteiger partial charge in [-0.15, -0.1) is 0 Å². The largest absolute Gasteiger partial charge is 0.772 e. The first-order valence-electron chi connectivity index (χ1n) is 8.68. The van der Waals surface area contributed by atoms with Crippen LogP contribution >= 0.6 is 0 Å². The van der Waals surface area contributed by atoms with E-state index < -0.39 is 17.0 Å². The van der Waals surface area contributed by atoms with Gasteiger partial charge in [0.1, 0.15) is 0 Å². The van der Waals surface area contributed by atoms with Gasteiger partial charge in [-0.2, -0.15) is 0 Å². The first kappa shape index (κ1) is 19.6. The topological polar surface area (TPSA) is 96.9 Å². The van der Waals surface area contributed by atoms with E-state index in [0.29, 0.717) is 0 Å². The minimum absolute atomic E-state index is 0.0848. The average Bonchev–Trinajstić information content (AvgIpc) is 2.49. The monoisotopic (exact) mass is 332 g/mol. The van der Waals surface area contributed by atoms with Gasteiger partial charge in [0.15, 0.2) is 0 Å². The van der Waals surface area contributed by atoms with Crippen molar-refractivity contribution >= 4 is 17.0 Å². The minimum atomic E-state index is -2.13. The lowest BCUT2D eigenvalue weighted by molar-refractivity contribution is -0.425. The van der Waals surface area contributed by atoms with Crippen molar-refractivity contribution in [2.75, 3.05) is 5.75 Å². The van der Waals surface area contributed by atoms with Gasteiger partial charge in [0, 0.05) is 17.7 Å². The molecule has 0 aliphatic heterocycles. The van der Waals surface area contributed by atoms with E-state index in [2.05, 4.69) is 11.1 Å². The molecule has 0 bridgehead atoms. The maximum Gasteiger partial charge on any atom is 0.223 e. The van der Waals surface area contributed by atoms with Crippen LogP contribution in [-0.2, 0) is 15.9 Å². The molecule has 0 radical (unpaired) electrons. The molecule has 5 nitrogen and oxygen atoms in total. The molecule has 0 heterocycles. The highest BCUT2D eigenvalue weighted by atomic mass is 32.2. The van der Waals surface area contributed by atoms with Crippen molar-refractivity contribution in [3.8, 4) is 0 Å². The summed E-state index contributed by atoms with van der Waals surface area (Å²) < 4.78 is 20.9. The molecule has 130 valence electrons. The zero-order valence-corrected chi connectivity index (χ0v) is 14.7. The van der Waals surface area contributed by atoms with Crippen LogP contribution in [0.25, 0.3) is 0 Å². The zero-order valence-electron chi connectivity index (χ0n) is 13.9. The van der Waals surface area contributed by atoms with E-state index >= 15 is 0 Å². The highest BCUT2D eigenvalue weighted by molar-refractivity contribution is 7.79. The maximum atomic E-state index is 11.6. The van der Waals surface area contributed by atoms with E-state index in [1.165, 1.54) is 38.5 Å². The third kappa shape index (κ3) is 8.86. The van der Waals surface area contributed by atoms with Gasteiger partial charge in [0.2, 0.25) is 5.91 Å².